The summed E-state index contributed by atoms with van der Waals surface area (Å²) < 4.78 is 34.1. The zero-order chi connectivity index (χ0) is 22.3. The summed E-state index contributed by atoms with van der Waals surface area (Å²) in [5.41, 5.74) is 2.47. The van der Waals surface area contributed by atoms with Gasteiger partial charge in [0.1, 0.15) is 16.7 Å². The van der Waals surface area contributed by atoms with Crippen molar-refractivity contribution in [3.63, 3.8) is 0 Å². The predicted molar refractivity (Wildman–Crippen MR) is 118 cm³/mol. The van der Waals surface area contributed by atoms with Gasteiger partial charge in [-0.25, -0.2) is 8.42 Å². The number of carbonyl (C=O) groups is 1. The van der Waals surface area contributed by atoms with Gasteiger partial charge in [-0.05, 0) is 54.3 Å². The molecule has 0 saturated carbocycles. The summed E-state index contributed by atoms with van der Waals surface area (Å²) in [5, 5.41) is 2.81. The Labute approximate surface area is 182 Å². The first-order valence-electron chi connectivity index (χ1n) is 9.76. The first-order valence-corrected chi connectivity index (χ1v) is 11.2. The van der Waals surface area contributed by atoms with E-state index in [1.165, 1.54) is 13.2 Å². The number of ether oxygens (including phenoxy) is 1. The summed E-state index contributed by atoms with van der Waals surface area (Å²) in [6.07, 6.45) is 3.47. The summed E-state index contributed by atoms with van der Waals surface area (Å²) in [4.78, 5) is 16.9. The Kier molecular flexibility index (Phi) is 7.38. The summed E-state index contributed by atoms with van der Waals surface area (Å²) >= 11 is 0. The molecular weight excluding hydrogens is 414 g/mol. The van der Waals surface area contributed by atoms with Crippen molar-refractivity contribution in [2.45, 2.75) is 30.8 Å². The number of aromatic nitrogens is 1. The molecule has 0 aliphatic rings. The summed E-state index contributed by atoms with van der Waals surface area (Å²) in [6, 6.07) is 16.7. The minimum atomic E-state index is -4.02. The molecule has 0 fully saturated rings. The summed E-state index contributed by atoms with van der Waals surface area (Å²) in [5.74, 6) is -0.204. The first-order chi connectivity index (χ1) is 14.9. The molecule has 3 aromatic rings. The van der Waals surface area contributed by atoms with Crippen molar-refractivity contribution in [2.24, 2.45) is 0 Å². The molecule has 8 heteroatoms. The van der Waals surface area contributed by atoms with Gasteiger partial charge in [0.05, 0.1) is 7.11 Å². The van der Waals surface area contributed by atoms with Crippen LogP contribution in [0.15, 0.2) is 78.0 Å². The Morgan fingerprint density at radius 3 is 2.42 bits per heavy atom. The fourth-order valence-corrected chi connectivity index (χ4v) is 4.54. The summed E-state index contributed by atoms with van der Waals surface area (Å²) in [6.45, 7) is 2.06. The lowest BCUT2D eigenvalue weighted by Crippen LogP contribution is -2.47. The molecule has 7 nitrogen and oxygen atoms in total. The lowest BCUT2D eigenvalue weighted by molar-refractivity contribution is -0.122. The highest BCUT2D eigenvalue weighted by Crippen LogP contribution is 2.25. The highest BCUT2D eigenvalue weighted by atomic mass is 32.2. The molecule has 2 N–H and O–H groups in total. The van der Waals surface area contributed by atoms with E-state index in [-0.39, 0.29) is 23.6 Å². The van der Waals surface area contributed by atoms with E-state index in [1.807, 2.05) is 30.3 Å². The number of pyridine rings is 1. The van der Waals surface area contributed by atoms with Crippen LogP contribution in [0, 0.1) is 6.92 Å². The standard InChI is InChI=1S/C23H25N3O4S/c1-17-8-9-21(30-2)22(14-17)31(28,29)26-20(15-18-6-4-3-5-7-18)23(27)25-16-19-10-12-24-13-11-19/h3-14,20,26H,15-16H2,1-2H3,(H,25,27)/t20-/m0/s1. The smallest absolute Gasteiger partial charge is 0.244 e. The second-order valence-electron chi connectivity index (χ2n) is 7.09. The van der Waals surface area contributed by atoms with Crippen LogP contribution in [-0.2, 0) is 27.8 Å². The van der Waals surface area contributed by atoms with E-state index < -0.39 is 22.0 Å². The van der Waals surface area contributed by atoms with Gasteiger partial charge < -0.3 is 10.1 Å². The maximum absolute atomic E-state index is 13.2. The Morgan fingerprint density at radius 1 is 1.03 bits per heavy atom. The van der Waals surface area contributed by atoms with Gasteiger partial charge >= 0.3 is 0 Å². The van der Waals surface area contributed by atoms with Crippen molar-refractivity contribution in [3.05, 3.63) is 89.7 Å². The van der Waals surface area contributed by atoms with E-state index in [1.54, 1.807) is 43.6 Å². The Morgan fingerprint density at radius 2 is 1.74 bits per heavy atom. The third kappa shape index (κ3) is 6.13. The number of hydrogen-bond acceptors (Lipinski definition) is 5. The molecule has 0 radical (unpaired) electrons. The highest BCUT2D eigenvalue weighted by molar-refractivity contribution is 7.89. The average molecular weight is 440 g/mol. The Hall–Kier alpha value is -3.23. The van der Waals surface area contributed by atoms with Crippen LogP contribution in [0.25, 0.3) is 0 Å². The first kappa shape index (κ1) is 22.5. The number of nitrogens with zero attached hydrogens (tertiary/aromatic N) is 1. The minimum absolute atomic E-state index is 0.00463. The predicted octanol–water partition coefficient (Wildman–Crippen LogP) is 2.60. The van der Waals surface area contributed by atoms with E-state index in [9.17, 15) is 13.2 Å². The molecular formula is C23H25N3O4S. The van der Waals surface area contributed by atoms with Gasteiger partial charge in [-0.1, -0.05) is 36.4 Å². The second kappa shape index (κ2) is 10.2. The molecule has 0 spiro atoms. The molecule has 1 amide bonds. The maximum atomic E-state index is 13.2. The van der Waals surface area contributed by atoms with Crippen LogP contribution in [0.4, 0.5) is 0 Å². The number of rotatable bonds is 9. The van der Waals surface area contributed by atoms with Gasteiger partial charge in [0, 0.05) is 18.9 Å². The van der Waals surface area contributed by atoms with Crippen LogP contribution in [0.3, 0.4) is 0 Å². The number of benzene rings is 2. The summed E-state index contributed by atoms with van der Waals surface area (Å²) in [7, 11) is -2.61. The monoisotopic (exact) mass is 439 g/mol. The number of hydrogen-bond donors (Lipinski definition) is 2. The van der Waals surface area contributed by atoms with Crippen molar-refractivity contribution in [1.29, 1.82) is 0 Å². The van der Waals surface area contributed by atoms with Crippen LogP contribution in [0.5, 0.6) is 5.75 Å². The van der Waals surface area contributed by atoms with Gasteiger partial charge in [-0.3, -0.25) is 9.78 Å². The number of sulfonamides is 1. The average Bonchev–Trinajstić information content (AvgIpc) is 2.78. The van der Waals surface area contributed by atoms with Crippen LogP contribution >= 0.6 is 0 Å². The lowest BCUT2D eigenvalue weighted by Gasteiger charge is -2.20. The van der Waals surface area contributed by atoms with Crippen molar-refractivity contribution < 1.29 is 17.9 Å². The molecule has 162 valence electrons. The molecule has 0 saturated heterocycles. The third-order valence-electron chi connectivity index (χ3n) is 4.72. The number of aryl methyl sites for hydroxylation is 1. The molecule has 31 heavy (non-hydrogen) atoms. The number of nitrogens with one attached hydrogen (secondary N) is 2. The highest BCUT2D eigenvalue weighted by Gasteiger charge is 2.28. The van der Waals surface area contributed by atoms with Gasteiger partial charge in [0.15, 0.2) is 0 Å². The van der Waals surface area contributed by atoms with Crippen molar-refractivity contribution in [2.75, 3.05) is 7.11 Å². The quantitative estimate of drug-likeness (QED) is 0.534. The van der Waals surface area contributed by atoms with Gasteiger partial charge in [-0.15, -0.1) is 0 Å². The van der Waals surface area contributed by atoms with Crippen LogP contribution in [0.1, 0.15) is 16.7 Å². The lowest BCUT2D eigenvalue weighted by atomic mass is 10.1. The van der Waals surface area contributed by atoms with Crippen LogP contribution in [-0.4, -0.2) is 32.5 Å². The van der Waals surface area contributed by atoms with Gasteiger partial charge in [0.25, 0.3) is 0 Å². The molecule has 1 atom stereocenters. The number of amides is 1. The zero-order valence-corrected chi connectivity index (χ0v) is 18.2. The van der Waals surface area contributed by atoms with E-state index in [0.29, 0.717) is 0 Å². The molecule has 2 aromatic carbocycles. The number of methoxy groups -OCH3 is 1. The van der Waals surface area contributed by atoms with Crippen LogP contribution < -0.4 is 14.8 Å². The second-order valence-corrected chi connectivity index (χ2v) is 8.77. The molecule has 0 bridgehead atoms. The van der Waals surface area contributed by atoms with E-state index >= 15 is 0 Å². The topological polar surface area (TPSA) is 97.4 Å². The number of carbonyl (C=O) groups excluding carboxylic acids is 1. The molecule has 1 aromatic heterocycles. The molecule has 1 heterocycles. The molecule has 0 aliphatic heterocycles. The third-order valence-corrected chi connectivity index (χ3v) is 6.21. The van der Waals surface area contributed by atoms with E-state index in [4.69, 9.17) is 4.74 Å². The van der Waals surface area contributed by atoms with Crippen molar-refractivity contribution in [1.82, 2.24) is 15.0 Å². The van der Waals surface area contributed by atoms with Crippen LogP contribution in [0.2, 0.25) is 0 Å². The zero-order valence-electron chi connectivity index (χ0n) is 17.4. The maximum Gasteiger partial charge on any atom is 0.244 e. The van der Waals surface area contributed by atoms with Gasteiger partial charge in [-0.2, -0.15) is 4.72 Å². The Bertz CT molecular complexity index is 1120. The molecule has 0 unspecified atom stereocenters. The van der Waals surface area contributed by atoms with Gasteiger partial charge in [0.2, 0.25) is 15.9 Å². The SMILES string of the molecule is COc1ccc(C)cc1S(=O)(=O)N[C@@H](Cc1ccccc1)C(=O)NCc1ccncc1. The molecule has 3 rings (SSSR count). The van der Waals surface area contributed by atoms with E-state index in [0.717, 1.165) is 16.7 Å². The van der Waals surface area contributed by atoms with Crippen molar-refractivity contribution >= 4 is 15.9 Å². The fourth-order valence-electron chi connectivity index (χ4n) is 3.10. The fraction of sp³-hybridized carbons (Fsp3) is 0.217. The van der Waals surface area contributed by atoms with E-state index in [2.05, 4.69) is 15.0 Å². The largest absolute Gasteiger partial charge is 0.495 e. The van der Waals surface area contributed by atoms with Crippen molar-refractivity contribution in [3.8, 4) is 5.75 Å². The minimum Gasteiger partial charge on any atom is -0.495 e. The molecule has 0 aliphatic carbocycles. The normalized spacial score (nSPS) is 12.2. The Balaban J connectivity index is 1.85.